The maximum Gasteiger partial charge on any atom is 0.368 e. The SMILES string of the molecule is Cc1c(Cl)cc([N+](=O)[O-])cc1-n1nn[nH]c1=O.Cc1c(Cl)cc([N+](=O)[O-])cc1-n1nnn(C)c1=O. The van der Waals surface area contributed by atoms with Crippen LogP contribution in [0.2, 0.25) is 10.0 Å². The minimum absolute atomic E-state index is 0.184. The van der Waals surface area contributed by atoms with Crippen molar-refractivity contribution < 1.29 is 9.85 Å². The summed E-state index contributed by atoms with van der Waals surface area (Å²) in [6.07, 6.45) is 0. The summed E-state index contributed by atoms with van der Waals surface area (Å²) in [5, 5.41) is 37.9. The zero-order valence-corrected chi connectivity index (χ0v) is 19.6. The van der Waals surface area contributed by atoms with Gasteiger partial charge in [-0.3, -0.25) is 20.2 Å². The number of hydrogen-bond donors (Lipinski definition) is 1. The molecular formula is C17H14Cl2N10O6. The summed E-state index contributed by atoms with van der Waals surface area (Å²) in [4.78, 5) is 43.3. The van der Waals surface area contributed by atoms with Crippen LogP contribution in [0.15, 0.2) is 33.9 Å². The van der Waals surface area contributed by atoms with Crippen molar-refractivity contribution in [3.05, 3.63) is 86.6 Å². The van der Waals surface area contributed by atoms with Gasteiger partial charge >= 0.3 is 11.4 Å². The molecule has 0 atom stereocenters. The van der Waals surface area contributed by atoms with Crippen LogP contribution >= 0.6 is 23.2 Å². The van der Waals surface area contributed by atoms with Crippen molar-refractivity contribution in [2.24, 2.45) is 7.05 Å². The summed E-state index contributed by atoms with van der Waals surface area (Å²) in [6.45, 7) is 3.27. The van der Waals surface area contributed by atoms with Crippen LogP contribution in [0.25, 0.3) is 11.4 Å². The van der Waals surface area contributed by atoms with Crippen LogP contribution in [-0.4, -0.2) is 49.8 Å². The summed E-state index contributed by atoms with van der Waals surface area (Å²) in [6, 6.07) is 4.88. The van der Waals surface area contributed by atoms with Gasteiger partial charge in [0.05, 0.1) is 31.3 Å². The van der Waals surface area contributed by atoms with Crippen molar-refractivity contribution in [1.29, 1.82) is 0 Å². The molecule has 2 aromatic heterocycles. The van der Waals surface area contributed by atoms with E-state index in [1.165, 1.54) is 31.3 Å². The van der Waals surface area contributed by atoms with Gasteiger partial charge in [-0.2, -0.15) is 14.0 Å². The molecule has 0 unspecified atom stereocenters. The van der Waals surface area contributed by atoms with Gasteiger partial charge in [-0.15, -0.1) is 0 Å². The second kappa shape index (κ2) is 9.82. The smallest absolute Gasteiger partial charge is 0.258 e. The van der Waals surface area contributed by atoms with Crippen molar-refractivity contribution in [2.75, 3.05) is 0 Å². The minimum Gasteiger partial charge on any atom is -0.258 e. The molecule has 0 aliphatic carbocycles. The van der Waals surface area contributed by atoms with Gasteiger partial charge in [-0.05, 0) is 45.8 Å². The van der Waals surface area contributed by atoms with E-state index in [9.17, 15) is 29.8 Å². The standard InChI is InChI=1S/C9H8ClN5O3.C8H6ClN5O3/c1-5-7(10)3-6(15(17)18)4-8(5)14-9(16)13(2)11-12-14;1-4-6(9)2-5(14(16)17)3-7(4)13-8(15)10-11-12-13/h3-4H,1-2H3;2-3H,1H3,(H,10,12,15). The number of halogens is 2. The lowest BCUT2D eigenvalue weighted by Gasteiger charge is -2.05. The Morgan fingerprint density at radius 2 is 1.31 bits per heavy atom. The third-order valence-corrected chi connectivity index (χ3v) is 5.46. The number of hydrogen-bond acceptors (Lipinski definition) is 10. The van der Waals surface area contributed by atoms with Gasteiger partial charge in [0.1, 0.15) is 0 Å². The number of benzene rings is 2. The highest BCUT2D eigenvalue weighted by Crippen LogP contribution is 2.28. The van der Waals surface area contributed by atoms with Crippen LogP contribution in [0, 0.1) is 34.1 Å². The number of tetrazole rings is 2. The number of non-ortho nitro benzene ring substituents is 2. The lowest BCUT2D eigenvalue weighted by atomic mass is 10.2. The Labute approximate surface area is 203 Å². The van der Waals surface area contributed by atoms with Gasteiger partial charge < -0.3 is 0 Å². The first-order chi connectivity index (χ1) is 16.4. The molecule has 182 valence electrons. The molecule has 0 aliphatic heterocycles. The summed E-state index contributed by atoms with van der Waals surface area (Å²) in [7, 11) is 1.43. The molecule has 35 heavy (non-hydrogen) atoms. The number of aromatic amines is 1. The third-order valence-electron chi connectivity index (χ3n) is 4.68. The fourth-order valence-corrected chi connectivity index (χ4v) is 3.19. The van der Waals surface area contributed by atoms with Crippen molar-refractivity contribution in [3.8, 4) is 11.4 Å². The fourth-order valence-electron chi connectivity index (χ4n) is 2.77. The Balaban J connectivity index is 0.000000196. The molecule has 0 bridgehead atoms. The zero-order valence-electron chi connectivity index (χ0n) is 18.0. The Bertz CT molecular complexity index is 1570. The van der Waals surface area contributed by atoms with Gasteiger partial charge in [0.2, 0.25) is 0 Å². The van der Waals surface area contributed by atoms with Gasteiger partial charge in [0, 0.05) is 31.3 Å². The monoisotopic (exact) mass is 524 g/mol. The summed E-state index contributed by atoms with van der Waals surface area (Å²) >= 11 is 11.8. The van der Waals surface area contributed by atoms with Crippen LogP contribution < -0.4 is 11.4 Å². The number of nitrogens with one attached hydrogen (secondary N) is 1. The fraction of sp³-hybridized carbons (Fsp3) is 0.176. The van der Waals surface area contributed by atoms with E-state index in [-0.39, 0.29) is 32.8 Å². The van der Waals surface area contributed by atoms with E-state index in [0.29, 0.717) is 11.1 Å². The molecule has 0 saturated carbocycles. The van der Waals surface area contributed by atoms with Crippen molar-refractivity contribution in [3.63, 3.8) is 0 Å². The van der Waals surface area contributed by atoms with E-state index < -0.39 is 21.2 Å². The van der Waals surface area contributed by atoms with Crippen LogP contribution in [0.5, 0.6) is 0 Å². The topological polar surface area (TPSA) is 203 Å². The van der Waals surface area contributed by atoms with Crippen molar-refractivity contribution in [1.82, 2.24) is 40.0 Å². The second-order valence-corrected chi connectivity index (χ2v) is 7.69. The Kier molecular flexibility index (Phi) is 7.06. The third kappa shape index (κ3) is 5.07. The largest absolute Gasteiger partial charge is 0.368 e. The molecule has 2 heterocycles. The summed E-state index contributed by atoms with van der Waals surface area (Å²) < 4.78 is 2.90. The minimum atomic E-state index is -0.597. The number of H-pyrrole nitrogens is 1. The average Bonchev–Trinajstić information content (AvgIpc) is 3.37. The highest BCUT2D eigenvalue weighted by molar-refractivity contribution is 6.32. The Morgan fingerprint density at radius 1 is 0.829 bits per heavy atom. The molecule has 0 amide bonds. The van der Waals surface area contributed by atoms with Gasteiger partial charge in [0.15, 0.2) is 0 Å². The first kappa shape index (κ1) is 25.2. The average molecular weight is 525 g/mol. The molecule has 18 heteroatoms. The van der Waals surface area contributed by atoms with E-state index in [0.717, 1.165) is 14.0 Å². The number of nitro benzene ring substituents is 2. The molecule has 1 N–H and O–H groups in total. The Morgan fingerprint density at radius 3 is 1.69 bits per heavy atom. The zero-order chi connectivity index (χ0) is 26.0. The molecule has 0 aliphatic rings. The number of aromatic nitrogens is 8. The first-order valence-electron chi connectivity index (χ1n) is 9.31. The molecule has 2 aromatic carbocycles. The highest BCUT2D eigenvalue weighted by atomic mass is 35.5. The maximum absolute atomic E-state index is 11.7. The van der Waals surface area contributed by atoms with E-state index in [2.05, 4.69) is 26.0 Å². The molecule has 0 fully saturated rings. The van der Waals surface area contributed by atoms with Gasteiger partial charge in [0.25, 0.3) is 11.4 Å². The Hall–Kier alpha value is -4.44. The molecule has 0 radical (unpaired) electrons. The molecule has 0 spiro atoms. The van der Waals surface area contributed by atoms with Crippen molar-refractivity contribution in [2.45, 2.75) is 13.8 Å². The quantitative estimate of drug-likeness (QED) is 0.301. The first-order valence-corrected chi connectivity index (χ1v) is 10.1. The van der Waals surface area contributed by atoms with Crippen molar-refractivity contribution >= 4 is 34.6 Å². The summed E-state index contributed by atoms with van der Waals surface area (Å²) in [5.74, 6) is 0. The van der Waals surface area contributed by atoms with E-state index in [1.54, 1.807) is 13.8 Å². The molecule has 4 aromatic rings. The van der Waals surface area contributed by atoms with E-state index >= 15 is 0 Å². The molecule has 0 saturated heterocycles. The van der Waals surface area contributed by atoms with Crippen LogP contribution in [0.1, 0.15) is 11.1 Å². The number of nitrogens with zero attached hydrogens (tertiary/aromatic N) is 9. The normalized spacial score (nSPS) is 10.5. The number of aryl methyl sites for hydroxylation is 1. The molecular weight excluding hydrogens is 511 g/mol. The van der Waals surface area contributed by atoms with Gasteiger partial charge in [-0.25, -0.2) is 14.7 Å². The van der Waals surface area contributed by atoms with Crippen LogP contribution in [-0.2, 0) is 7.05 Å². The molecule has 4 rings (SSSR count). The lowest BCUT2D eigenvalue weighted by Crippen LogP contribution is -2.22. The summed E-state index contributed by atoms with van der Waals surface area (Å²) in [5.41, 5.74) is -0.0311. The number of nitro groups is 2. The van der Waals surface area contributed by atoms with Gasteiger partial charge in [-0.1, -0.05) is 23.2 Å². The molecule has 16 nitrogen and oxygen atoms in total. The predicted molar refractivity (Wildman–Crippen MR) is 121 cm³/mol. The maximum atomic E-state index is 11.7. The van der Waals surface area contributed by atoms with E-state index in [4.69, 9.17) is 23.2 Å². The van der Waals surface area contributed by atoms with Crippen LogP contribution in [0.4, 0.5) is 11.4 Å². The van der Waals surface area contributed by atoms with E-state index in [1.807, 2.05) is 0 Å². The second-order valence-electron chi connectivity index (χ2n) is 6.87. The lowest BCUT2D eigenvalue weighted by molar-refractivity contribution is -0.385. The highest BCUT2D eigenvalue weighted by Gasteiger charge is 2.18. The number of rotatable bonds is 4. The predicted octanol–water partition coefficient (Wildman–Crippen LogP) is 1.66. The van der Waals surface area contributed by atoms with Crippen LogP contribution in [0.3, 0.4) is 0 Å².